The number of piperazine rings is 1. The summed E-state index contributed by atoms with van der Waals surface area (Å²) in [7, 11) is 3.64. The number of hydrogen-bond donors (Lipinski definition) is 1. The molecule has 0 saturated carbocycles. The first-order chi connectivity index (χ1) is 9.36. The van der Waals surface area contributed by atoms with Gasteiger partial charge in [-0.05, 0) is 33.0 Å². The number of amides is 1. The molecule has 0 aliphatic carbocycles. The third-order valence-corrected chi connectivity index (χ3v) is 4.10. The van der Waals surface area contributed by atoms with Gasteiger partial charge in [0.05, 0.1) is 7.11 Å². The number of benzene rings is 1. The van der Waals surface area contributed by atoms with Crippen LogP contribution in [0.3, 0.4) is 0 Å². The SMILES string of the molecule is COc1cccc(N)c1C(=O)N1CCN(C)C(C)(C)C1. The summed E-state index contributed by atoms with van der Waals surface area (Å²) < 4.78 is 5.27. The van der Waals surface area contributed by atoms with Gasteiger partial charge in [0, 0.05) is 30.9 Å². The van der Waals surface area contributed by atoms with E-state index in [0.717, 1.165) is 6.54 Å². The van der Waals surface area contributed by atoms with Gasteiger partial charge in [0.25, 0.3) is 5.91 Å². The van der Waals surface area contributed by atoms with Gasteiger partial charge in [-0.15, -0.1) is 0 Å². The molecule has 0 radical (unpaired) electrons. The van der Waals surface area contributed by atoms with E-state index in [1.165, 1.54) is 0 Å². The molecule has 1 fully saturated rings. The molecule has 1 heterocycles. The third kappa shape index (κ3) is 2.58. The second-order valence-electron chi connectivity index (χ2n) is 5.89. The zero-order valence-corrected chi connectivity index (χ0v) is 12.6. The van der Waals surface area contributed by atoms with Crippen LogP contribution in [0.1, 0.15) is 24.2 Å². The largest absolute Gasteiger partial charge is 0.496 e. The van der Waals surface area contributed by atoms with Crippen molar-refractivity contribution >= 4 is 11.6 Å². The molecule has 2 N–H and O–H groups in total. The smallest absolute Gasteiger partial charge is 0.259 e. The Hall–Kier alpha value is -1.75. The number of rotatable bonds is 2. The maximum absolute atomic E-state index is 12.7. The molecule has 5 heteroatoms. The van der Waals surface area contributed by atoms with E-state index in [-0.39, 0.29) is 11.4 Å². The summed E-state index contributed by atoms with van der Waals surface area (Å²) in [4.78, 5) is 16.9. The fourth-order valence-corrected chi connectivity index (χ4v) is 2.52. The molecule has 1 aromatic rings. The van der Waals surface area contributed by atoms with Crippen LogP contribution in [-0.2, 0) is 0 Å². The van der Waals surface area contributed by atoms with E-state index in [4.69, 9.17) is 10.5 Å². The van der Waals surface area contributed by atoms with Crippen LogP contribution in [0.5, 0.6) is 5.75 Å². The zero-order valence-electron chi connectivity index (χ0n) is 12.6. The van der Waals surface area contributed by atoms with Crippen molar-refractivity contribution in [2.45, 2.75) is 19.4 Å². The number of hydrogen-bond acceptors (Lipinski definition) is 4. The molecule has 1 aromatic carbocycles. The Labute approximate surface area is 120 Å². The molecule has 20 heavy (non-hydrogen) atoms. The van der Waals surface area contributed by atoms with Gasteiger partial charge in [-0.3, -0.25) is 9.69 Å². The van der Waals surface area contributed by atoms with Crippen molar-refractivity contribution in [3.05, 3.63) is 23.8 Å². The van der Waals surface area contributed by atoms with Crippen molar-refractivity contribution in [1.29, 1.82) is 0 Å². The van der Waals surface area contributed by atoms with E-state index in [0.29, 0.717) is 30.1 Å². The number of carbonyl (C=O) groups is 1. The Morgan fingerprint density at radius 1 is 1.35 bits per heavy atom. The van der Waals surface area contributed by atoms with E-state index in [9.17, 15) is 4.79 Å². The summed E-state index contributed by atoms with van der Waals surface area (Å²) in [6.45, 7) is 6.51. The average molecular weight is 277 g/mol. The lowest BCUT2D eigenvalue weighted by atomic mass is 9.98. The Bertz CT molecular complexity index is 514. The first-order valence-electron chi connectivity index (χ1n) is 6.80. The second kappa shape index (κ2) is 5.32. The number of ether oxygens (including phenoxy) is 1. The fraction of sp³-hybridized carbons (Fsp3) is 0.533. The van der Waals surface area contributed by atoms with Crippen LogP contribution in [-0.4, -0.2) is 55.0 Å². The van der Waals surface area contributed by atoms with Gasteiger partial charge in [-0.25, -0.2) is 0 Å². The molecule has 0 unspecified atom stereocenters. The predicted octanol–water partition coefficient (Wildman–Crippen LogP) is 1.44. The Kier molecular flexibility index (Phi) is 3.90. The summed E-state index contributed by atoms with van der Waals surface area (Å²) >= 11 is 0. The van der Waals surface area contributed by atoms with E-state index in [2.05, 4.69) is 25.8 Å². The normalized spacial score (nSPS) is 18.9. The summed E-state index contributed by atoms with van der Waals surface area (Å²) in [5, 5.41) is 0. The molecular weight excluding hydrogens is 254 g/mol. The van der Waals surface area contributed by atoms with Crippen LogP contribution in [0.25, 0.3) is 0 Å². The average Bonchev–Trinajstić information content (AvgIpc) is 2.40. The molecular formula is C15H23N3O2. The van der Waals surface area contributed by atoms with Gasteiger partial charge in [0.1, 0.15) is 11.3 Å². The molecule has 1 aliphatic rings. The number of nitrogens with two attached hydrogens (primary N) is 1. The van der Waals surface area contributed by atoms with E-state index in [1.54, 1.807) is 25.3 Å². The molecule has 5 nitrogen and oxygen atoms in total. The number of methoxy groups -OCH3 is 1. The lowest BCUT2D eigenvalue weighted by Crippen LogP contribution is -2.58. The molecule has 0 atom stereocenters. The third-order valence-electron chi connectivity index (χ3n) is 4.10. The van der Waals surface area contributed by atoms with Crippen molar-refractivity contribution in [3.8, 4) is 5.75 Å². The highest BCUT2D eigenvalue weighted by molar-refractivity contribution is 6.02. The topological polar surface area (TPSA) is 58.8 Å². The number of nitrogens with zero attached hydrogens (tertiary/aromatic N) is 2. The quantitative estimate of drug-likeness (QED) is 0.831. The van der Waals surface area contributed by atoms with Gasteiger partial charge in [-0.1, -0.05) is 6.07 Å². The van der Waals surface area contributed by atoms with Crippen molar-refractivity contribution in [2.75, 3.05) is 39.5 Å². The van der Waals surface area contributed by atoms with Crippen LogP contribution < -0.4 is 10.5 Å². The van der Waals surface area contributed by atoms with Crippen LogP contribution in [0.15, 0.2) is 18.2 Å². The summed E-state index contributed by atoms with van der Waals surface area (Å²) in [6.07, 6.45) is 0. The maximum atomic E-state index is 12.7. The van der Waals surface area contributed by atoms with Gasteiger partial charge < -0.3 is 15.4 Å². The fourth-order valence-electron chi connectivity index (χ4n) is 2.52. The van der Waals surface area contributed by atoms with E-state index >= 15 is 0 Å². The van der Waals surface area contributed by atoms with Crippen molar-refractivity contribution in [1.82, 2.24) is 9.80 Å². The van der Waals surface area contributed by atoms with Gasteiger partial charge in [-0.2, -0.15) is 0 Å². The number of nitrogen functional groups attached to an aromatic ring is 1. The Morgan fingerprint density at radius 3 is 2.65 bits per heavy atom. The summed E-state index contributed by atoms with van der Waals surface area (Å²) in [6, 6.07) is 5.29. The van der Waals surface area contributed by atoms with Crippen LogP contribution in [0, 0.1) is 0 Å². The molecule has 1 amide bonds. The lowest BCUT2D eigenvalue weighted by Gasteiger charge is -2.45. The van der Waals surface area contributed by atoms with Gasteiger partial charge >= 0.3 is 0 Å². The van der Waals surface area contributed by atoms with E-state index < -0.39 is 0 Å². The molecule has 0 aromatic heterocycles. The van der Waals surface area contributed by atoms with Gasteiger partial charge in [0.15, 0.2) is 0 Å². The zero-order chi connectivity index (χ0) is 14.9. The van der Waals surface area contributed by atoms with Crippen molar-refractivity contribution in [3.63, 3.8) is 0 Å². The molecule has 0 bridgehead atoms. The summed E-state index contributed by atoms with van der Waals surface area (Å²) in [5.41, 5.74) is 6.86. The first kappa shape index (κ1) is 14.7. The Morgan fingerprint density at radius 2 is 2.05 bits per heavy atom. The minimum atomic E-state index is -0.0545. The summed E-state index contributed by atoms with van der Waals surface area (Å²) in [5.74, 6) is 0.479. The number of likely N-dealkylation sites (N-methyl/N-ethyl adjacent to an activating group) is 1. The standard InChI is InChI=1S/C15H23N3O2/c1-15(2)10-18(9-8-17(15)3)14(19)13-11(16)6-5-7-12(13)20-4/h5-7H,8-10,16H2,1-4H3. The van der Waals surface area contributed by atoms with Crippen LogP contribution in [0.4, 0.5) is 5.69 Å². The predicted molar refractivity (Wildman–Crippen MR) is 80.0 cm³/mol. The highest BCUT2D eigenvalue weighted by atomic mass is 16.5. The molecule has 0 spiro atoms. The second-order valence-corrected chi connectivity index (χ2v) is 5.89. The first-order valence-corrected chi connectivity index (χ1v) is 6.80. The monoisotopic (exact) mass is 277 g/mol. The van der Waals surface area contributed by atoms with Crippen LogP contribution in [0.2, 0.25) is 0 Å². The Balaban J connectivity index is 2.29. The van der Waals surface area contributed by atoms with Crippen molar-refractivity contribution < 1.29 is 9.53 Å². The maximum Gasteiger partial charge on any atom is 0.259 e. The highest BCUT2D eigenvalue weighted by Crippen LogP contribution is 2.28. The van der Waals surface area contributed by atoms with E-state index in [1.807, 2.05) is 4.90 Å². The molecule has 1 aliphatic heterocycles. The molecule has 1 saturated heterocycles. The van der Waals surface area contributed by atoms with Crippen LogP contribution >= 0.6 is 0 Å². The number of carbonyl (C=O) groups excluding carboxylic acids is 1. The minimum Gasteiger partial charge on any atom is -0.496 e. The van der Waals surface area contributed by atoms with Crippen molar-refractivity contribution in [2.24, 2.45) is 0 Å². The molecule has 110 valence electrons. The van der Waals surface area contributed by atoms with Gasteiger partial charge in [0.2, 0.25) is 0 Å². The number of anilines is 1. The minimum absolute atomic E-state index is 0.0370. The highest BCUT2D eigenvalue weighted by Gasteiger charge is 2.34. The lowest BCUT2D eigenvalue weighted by molar-refractivity contribution is 0.0310. The molecule has 2 rings (SSSR count).